The fraction of sp³-hybridized carbons (Fsp3) is 0.786. The maximum atomic E-state index is 10.7. The molecular weight excluding hydrogens is 240 g/mol. The summed E-state index contributed by atoms with van der Waals surface area (Å²) in [7, 11) is 0. The highest BCUT2D eigenvalue weighted by Gasteiger charge is 2.37. The Morgan fingerprint density at radius 2 is 2.05 bits per heavy atom. The largest absolute Gasteiger partial charge is 0.387 e. The van der Waals surface area contributed by atoms with E-state index in [-0.39, 0.29) is 0 Å². The van der Waals surface area contributed by atoms with Gasteiger partial charge in [0.1, 0.15) is 0 Å². The Hall–Kier alpha value is -0.910. The van der Waals surface area contributed by atoms with Gasteiger partial charge in [-0.2, -0.15) is 0 Å². The lowest BCUT2D eigenvalue weighted by molar-refractivity contribution is 0.00628. The molecule has 0 aromatic carbocycles. The van der Waals surface area contributed by atoms with Gasteiger partial charge in [-0.25, -0.2) is 4.98 Å². The van der Waals surface area contributed by atoms with Crippen molar-refractivity contribution in [3.63, 3.8) is 0 Å². The number of nitrogens with zero attached hydrogens (tertiary/aromatic N) is 3. The van der Waals surface area contributed by atoms with Crippen molar-refractivity contribution in [2.75, 3.05) is 32.7 Å². The third-order valence-corrected chi connectivity index (χ3v) is 4.33. The van der Waals surface area contributed by atoms with E-state index >= 15 is 0 Å². The lowest BCUT2D eigenvalue weighted by atomic mass is 10.0. The lowest BCUT2D eigenvalue weighted by Crippen LogP contribution is -2.46. The van der Waals surface area contributed by atoms with Gasteiger partial charge in [0.05, 0.1) is 11.9 Å². The maximum absolute atomic E-state index is 10.7. The van der Waals surface area contributed by atoms with Gasteiger partial charge in [0.15, 0.2) is 0 Å². The average molecular weight is 264 g/mol. The molecule has 2 aliphatic rings. The summed E-state index contributed by atoms with van der Waals surface area (Å²) in [6.45, 7) is 5.77. The molecule has 106 valence electrons. The van der Waals surface area contributed by atoms with Crippen LogP contribution in [0.5, 0.6) is 0 Å². The number of imidazole rings is 1. The van der Waals surface area contributed by atoms with Crippen LogP contribution in [0, 0.1) is 0 Å². The molecule has 2 saturated heterocycles. The van der Waals surface area contributed by atoms with E-state index in [9.17, 15) is 5.11 Å². The summed E-state index contributed by atoms with van der Waals surface area (Å²) >= 11 is 0. The number of nitrogens with one attached hydrogen (secondary N) is 1. The number of aromatic nitrogens is 2. The van der Waals surface area contributed by atoms with Gasteiger partial charge in [0.25, 0.3) is 0 Å². The van der Waals surface area contributed by atoms with Gasteiger partial charge < -0.3 is 15.0 Å². The van der Waals surface area contributed by atoms with Crippen LogP contribution in [0.1, 0.15) is 31.4 Å². The van der Waals surface area contributed by atoms with Crippen LogP contribution in [0.15, 0.2) is 12.5 Å². The highest BCUT2D eigenvalue weighted by Crippen LogP contribution is 2.25. The van der Waals surface area contributed by atoms with E-state index in [4.69, 9.17) is 0 Å². The first-order chi connectivity index (χ1) is 9.23. The molecule has 2 N–H and O–H groups in total. The number of hydrogen-bond acceptors (Lipinski definition) is 4. The number of H-pyrrole nitrogens is 1. The molecule has 0 bridgehead atoms. The molecule has 1 atom stereocenters. The van der Waals surface area contributed by atoms with E-state index in [1.54, 1.807) is 6.33 Å². The third-order valence-electron chi connectivity index (χ3n) is 4.33. The smallest absolute Gasteiger partial charge is 0.0922 e. The number of β-amino-alcohol motifs (C(OH)–C–C–N with tert-alkyl or cyclic N) is 1. The monoisotopic (exact) mass is 264 g/mol. The Morgan fingerprint density at radius 1 is 1.21 bits per heavy atom. The van der Waals surface area contributed by atoms with Gasteiger partial charge in [-0.1, -0.05) is 6.42 Å². The van der Waals surface area contributed by atoms with Gasteiger partial charge in [0.2, 0.25) is 0 Å². The fourth-order valence-corrected chi connectivity index (χ4v) is 3.35. The summed E-state index contributed by atoms with van der Waals surface area (Å²) in [5.41, 5.74) is 0.611. The van der Waals surface area contributed by atoms with Crippen LogP contribution >= 0.6 is 0 Å². The van der Waals surface area contributed by atoms with E-state index in [0.717, 1.165) is 51.4 Å². The number of rotatable bonds is 4. The van der Waals surface area contributed by atoms with Gasteiger partial charge in [-0.15, -0.1) is 0 Å². The number of aliphatic hydroxyl groups is 1. The normalized spacial score (nSPS) is 29.9. The molecule has 0 radical (unpaired) electrons. The topological polar surface area (TPSA) is 55.4 Å². The lowest BCUT2D eigenvalue weighted by Gasteiger charge is -2.33. The van der Waals surface area contributed by atoms with Crippen LogP contribution in [0.3, 0.4) is 0 Å². The predicted octanol–water partition coefficient (Wildman–Crippen LogP) is 0.832. The van der Waals surface area contributed by atoms with Crippen molar-refractivity contribution in [2.45, 2.75) is 37.8 Å². The molecule has 0 amide bonds. The van der Waals surface area contributed by atoms with E-state index in [0.29, 0.717) is 0 Å². The van der Waals surface area contributed by atoms with E-state index < -0.39 is 5.60 Å². The second kappa shape index (κ2) is 5.61. The molecule has 0 aliphatic carbocycles. The quantitative estimate of drug-likeness (QED) is 0.846. The molecule has 2 aliphatic heterocycles. The van der Waals surface area contributed by atoms with Gasteiger partial charge in [-0.05, 0) is 32.4 Å². The van der Waals surface area contributed by atoms with Crippen LogP contribution in [0.4, 0.5) is 0 Å². The van der Waals surface area contributed by atoms with Crippen LogP contribution < -0.4 is 0 Å². The van der Waals surface area contributed by atoms with E-state index in [1.165, 1.54) is 19.3 Å². The summed E-state index contributed by atoms with van der Waals surface area (Å²) in [5.74, 6) is 0. The van der Waals surface area contributed by atoms with Crippen LogP contribution in [-0.4, -0.2) is 63.2 Å². The van der Waals surface area contributed by atoms with Crippen molar-refractivity contribution in [3.05, 3.63) is 18.2 Å². The van der Waals surface area contributed by atoms with E-state index in [2.05, 4.69) is 19.8 Å². The zero-order valence-corrected chi connectivity index (χ0v) is 11.5. The molecule has 1 aromatic heterocycles. The molecule has 3 heterocycles. The second-order valence-electron chi connectivity index (χ2n) is 6.10. The Labute approximate surface area is 114 Å². The molecule has 5 nitrogen and oxygen atoms in total. The summed E-state index contributed by atoms with van der Waals surface area (Å²) in [4.78, 5) is 11.9. The Bertz CT molecular complexity index is 388. The standard InChI is InChI=1S/C14H24N4O/c19-14(10-17-5-2-1-3-6-17)4-7-18(11-14)9-13-8-15-12-16-13/h8,12,19H,1-7,9-11H2,(H,15,16). The first-order valence-corrected chi connectivity index (χ1v) is 7.38. The minimum absolute atomic E-state index is 0.517. The Kier molecular flexibility index (Phi) is 3.86. The summed E-state index contributed by atoms with van der Waals surface area (Å²) < 4.78 is 0. The van der Waals surface area contributed by atoms with Crippen molar-refractivity contribution >= 4 is 0 Å². The van der Waals surface area contributed by atoms with Gasteiger partial charge >= 0.3 is 0 Å². The van der Waals surface area contributed by atoms with Crippen molar-refractivity contribution < 1.29 is 5.11 Å². The van der Waals surface area contributed by atoms with Crippen molar-refractivity contribution in [2.24, 2.45) is 0 Å². The molecule has 2 fully saturated rings. The van der Waals surface area contributed by atoms with Crippen LogP contribution in [-0.2, 0) is 6.54 Å². The molecule has 0 spiro atoms. The first-order valence-electron chi connectivity index (χ1n) is 7.38. The Balaban J connectivity index is 1.51. The molecule has 19 heavy (non-hydrogen) atoms. The first kappa shape index (κ1) is 13.1. The number of piperidine rings is 1. The summed E-state index contributed by atoms with van der Waals surface area (Å²) in [6, 6.07) is 0. The second-order valence-corrected chi connectivity index (χ2v) is 6.10. The van der Waals surface area contributed by atoms with Crippen LogP contribution in [0.25, 0.3) is 0 Å². The molecule has 1 unspecified atom stereocenters. The van der Waals surface area contributed by atoms with Crippen LogP contribution in [0.2, 0.25) is 0 Å². The fourth-order valence-electron chi connectivity index (χ4n) is 3.35. The van der Waals surface area contributed by atoms with Crippen molar-refractivity contribution in [1.82, 2.24) is 19.8 Å². The minimum Gasteiger partial charge on any atom is -0.387 e. The maximum Gasteiger partial charge on any atom is 0.0922 e. The van der Waals surface area contributed by atoms with Crippen molar-refractivity contribution in [3.8, 4) is 0 Å². The van der Waals surface area contributed by atoms with E-state index in [1.807, 2.05) is 6.20 Å². The minimum atomic E-state index is -0.517. The molecule has 5 heteroatoms. The highest BCUT2D eigenvalue weighted by atomic mass is 16.3. The SMILES string of the molecule is OC1(CN2CCCCC2)CCN(Cc2cnc[nH]2)C1. The summed E-state index contributed by atoms with van der Waals surface area (Å²) in [6.07, 6.45) is 8.38. The summed E-state index contributed by atoms with van der Waals surface area (Å²) in [5, 5.41) is 10.7. The number of likely N-dealkylation sites (tertiary alicyclic amines) is 2. The molecular formula is C14H24N4O. The zero-order chi connectivity index (χ0) is 13.1. The number of hydrogen-bond donors (Lipinski definition) is 2. The van der Waals surface area contributed by atoms with Gasteiger partial charge in [-0.3, -0.25) is 4.90 Å². The Morgan fingerprint density at radius 3 is 2.79 bits per heavy atom. The van der Waals surface area contributed by atoms with Crippen molar-refractivity contribution in [1.29, 1.82) is 0 Å². The third kappa shape index (κ3) is 3.35. The highest BCUT2D eigenvalue weighted by molar-refractivity contribution is 4.99. The predicted molar refractivity (Wildman–Crippen MR) is 73.7 cm³/mol. The number of aromatic amines is 1. The van der Waals surface area contributed by atoms with Gasteiger partial charge in [0, 0.05) is 38.1 Å². The molecule has 1 aromatic rings. The molecule has 3 rings (SSSR count). The average Bonchev–Trinajstić information content (AvgIpc) is 3.02. The molecule has 0 saturated carbocycles. The zero-order valence-electron chi connectivity index (χ0n) is 11.5.